The fourth-order valence-electron chi connectivity index (χ4n) is 10.5. The number of anilines is 4. The third-order valence-corrected chi connectivity index (χ3v) is 14.6. The molecule has 5 aromatic carbocycles. The Kier molecular flexibility index (Phi) is 14.7. The number of nitrogens with zero attached hydrogens (tertiary/aromatic N) is 4. The fourth-order valence-corrected chi connectivity index (χ4v) is 10.5. The zero-order valence-electron chi connectivity index (χ0n) is 43.2. The number of allylic oxidation sites excluding steroid dienone is 4. The largest absolute Gasteiger partial charge is 0.394 e. The van der Waals surface area contributed by atoms with Crippen molar-refractivity contribution in [3.05, 3.63) is 245 Å². The number of aromatic amines is 4. The number of pyridine rings is 1. The van der Waals surface area contributed by atoms with Gasteiger partial charge in [0.1, 0.15) is 12.8 Å². The van der Waals surface area contributed by atoms with E-state index in [0.717, 1.165) is 50.7 Å². The minimum atomic E-state index is -1.03. The van der Waals surface area contributed by atoms with Crippen molar-refractivity contribution in [1.82, 2.24) is 25.0 Å². The van der Waals surface area contributed by atoms with Crippen molar-refractivity contribution in [2.75, 3.05) is 48.9 Å². The Morgan fingerprint density at radius 1 is 0.714 bits per heavy atom. The lowest BCUT2D eigenvalue weighted by molar-refractivity contribution is -0.434. The van der Waals surface area contributed by atoms with Gasteiger partial charge in [0.2, 0.25) is 11.4 Å². The number of fused-ring (bicyclic) bond motifs is 2. The fraction of sp³-hybridized carbons (Fsp3) is 0.213. The van der Waals surface area contributed by atoms with Gasteiger partial charge in [-0.1, -0.05) is 85.0 Å². The first-order valence-electron chi connectivity index (χ1n) is 25.8. The molecule has 2 unspecified atom stereocenters. The van der Waals surface area contributed by atoms with Gasteiger partial charge in [0.15, 0.2) is 0 Å². The standard InChI is InChI=1S/C61H59N9O7/c1-5-68(47-26-29-51-53(36-47)59(75)65-63-57(51)73)45-20-14-40(15-21-45)50(39-11-8-7-9-12-39)13-10-33-61(41-16-22-44(23-17-41)67(3)4,62-43-32-34-70(55(72)35-43)56-31-28-49(38-71)77-56)42-18-24-46(25-19-42)69(6-2)48-27-30-52-54(37-48)60(76)66-64-58(52)74/h7-27,29-30,32-37,42,49,56,71H,5-6,28,31,38H2,1-4H3,(H4-,62,63,64,65,66,72,73,74,75,76)/p+1/b33-10+,50-13+,69-46?/t42?,49-,56?,61?/m0/s1. The van der Waals surface area contributed by atoms with E-state index in [-0.39, 0.29) is 51.8 Å². The van der Waals surface area contributed by atoms with Gasteiger partial charge in [-0.15, -0.1) is 0 Å². The quantitative estimate of drug-likeness (QED) is 0.0403. The maximum Gasteiger partial charge on any atom is 0.270 e. The summed E-state index contributed by atoms with van der Waals surface area (Å²) in [6, 6.07) is 40.7. The van der Waals surface area contributed by atoms with Gasteiger partial charge in [0.05, 0.1) is 39.8 Å². The molecular formula is C61H60N9O7+. The number of H-pyrrole nitrogens is 4. The van der Waals surface area contributed by atoms with Crippen LogP contribution < -0.4 is 42.9 Å². The first-order valence-corrected chi connectivity index (χ1v) is 25.8. The molecule has 2 aliphatic rings. The van der Waals surface area contributed by atoms with E-state index in [1.807, 2.05) is 81.4 Å². The summed E-state index contributed by atoms with van der Waals surface area (Å²) in [5, 5.41) is 24.6. The van der Waals surface area contributed by atoms with Crippen LogP contribution in [-0.4, -0.2) is 80.3 Å². The Bertz CT molecular complexity index is 3940. The van der Waals surface area contributed by atoms with Crippen LogP contribution in [0, 0.1) is 5.92 Å². The van der Waals surface area contributed by atoms with Crippen LogP contribution in [0.1, 0.15) is 49.6 Å². The highest BCUT2D eigenvalue weighted by molar-refractivity contribution is 6.02. The molecule has 0 bridgehead atoms. The van der Waals surface area contributed by atoms with Gasteiger partial charge in [-0.3, -0.25) is 48.9 Å². The molecule has 16 nitrogen and oxygen atoms in total. The Balaban J connectivity index is 1.09. The summed E-state index contributed by atoms with van der Waals surface area (Å²) in [5.74, 6) is -0.354. The predicted molar refractivity (Wildman–Crippen MR) is 306 cm³/mol. The lowest BCUT2D eigenvalue weighted by atomic mass is 9.75. The van der Waals surface area contributed by atoms with E-state index >= 15 is 0 Å². The molecule has 0 amide bonds. The van der Waals surface area contributed by atoms with Gasteiger partial charge in [-0.25, -0.2) is 0 Å². The molecule has 16 heteroatoms. The van der Waals surface area contributed by atoms with Crippen molar-refractivity contribution in [1.29, 1.82) is 0 Å². The summed E-state index contributed by atoms with van der Waals surface area (Å²) in [6.45, 7) is 5.11. The van der Waals surface area contributed by atoms with Crippen molar-refractivity contribution < 1.29 is 14.4 Å². The van der Waals surface area contributed by atoms with Crippen LogP contribution in [0.15, 0.2) is 200 Å². The molecule has 4 heterocycles. The monoisotopic (exact) mass is 1030 g/mol. The van der Waals surface area contributed by atoms with Crippen molar-refractivity contribution in [2.45, 2.75) is 44.6 Å². The third-order valence-electron chi connectivity index (χ3n) is 14.6. The van der Waals surface area contributed by atoms with Crippen LogP contribution in [0.5, 0.6) is 0 Å². The molecule has 390 valence electrons. The molecule has 0 saturated carbocycles. The zero-order valence-corrected chi connectivity index (χ0v) is 43.2. The SMILES string of the molecule is CCN(c1ccc(/C(=C/C=C/C(Nc2ccn(C3CC[C@@H](CO)O3)c(=O)c2)(c2ccc(N(C)C)cc2)C2C=CC(=[N+](CC)c3ccc4c(=O)[nH][nH]c(=O)c4c3)C=C2)c2ccccc2)cc1)c1ccc2c(=O)[nH][nH]c(=O)c2c1. The highest BCUT2D eigenvalue weighted by atomic mass is 16.5. The second-order valence-electron chi connectivity index (χ2n) is 19.4. The van der Waals surface area contributed by atoms with Crippen LogP contribution in [0.2, 0.25) is 0 Å². The molecule has 6 N–H and O–H groups in total. The molecule has 10 rings (SSSR count). The molecule has 3 atom stereocenters. The molecule has 3 aromatic heterocycles. The number of hydrogen-bond acceptors (Lipinski definition) is 10. The molecule has 1 fully saturated rings. The zero-order chi connectivity index (χ0) is 53.8. The van der Waals surface area contributed by atoms with Gasteiger partial charge in [0.25, 0.3) is 27.8 Å². The number of aliphatic hydroxyl groups excluding tert-OH is 1. The minimum absolute atomic E-state index is 0.114. The van der Waals surface area contributed by atoms with Gasteiger partial charge in [-0.2, -0.15) is 4.58 Å². The van der Waals surface area contributed by atoms with E-state index in [9.17, 15) is 29.1 Å². The second-order valence-corrected chi connectivity index (χ2v) is 19.4. The van der Waals surface area contributed by atoms with Crippen molar-refractivity contribution in [3.8, 4) is 0 Å². The molecule has 0 radical (unpaired) electrons. The van der Waals surface area contributed by atoms with E-state index in [1.165, 1.54) is 0 Å². The summed E-state index contributed by atoms with van der Waals surface area (Å²) in [7, 11) is 3.99. The second kappa shape index (κ2) is 22.0. The summed E-state index contributed by atoms with van der Waals surface area (Å²) in [4.78, 5) is 68.9. The van der Waals surface area contributed by atoms with Gasteiger partial charge >= 0.3 is 0 Å². The Morgan fingerprint density at radius 2 is 1.32 bits per heavy atom. The average Bonchev–Trinajstić information content (AvgIpc) is 3.96. The Labute approximate surface area is 442 Å². The first-order chi connectivity index (χ1) is 37.4. The topological polar surface area (TPSA) is 204 Å². The third kappa shape index (κ3) is 10.4. The average molecular weight is 1030 g/mol. The number of ether oxygens (including phenoxy) is 1. The molecular weight excluding hydrogens is 971 g/mol. The van der Waals surface area contributed by atoms with E-state index in [2.05, 4.69) is 126 Å². The highest BCUT2D eigenvalue weighted by Gasteiger charge is 2.38. The van der Waals surface area contributed by atoms with Crippen molar-refractivity contribution in [3.63, 3.8) is 0 Å². The smallest absolute Gasteiger partial charge is 0.270 e. The molecule has 1 aliphatic heterocycles. The van der Waals surface area contributed by atoms with E-state index in [1.54, 1.807) is 41.1 Å². The number of hydrogen-bond donors (Lipinski definition) is 6. The number of nitrogens with one attached hydrogen (secondary N) is 5. The molecule has 1 saturated heterocycles. The number of rotatable bonds is 16. The van der Waals surface area contributed by atoms with Gasteiger partial charge in [0, 0.05) is 85.9 Å². The van der Waals surface area contributed by atoms with E-state index < -0.39 is 11.8 Å². The van der Waals surface area contributed by atoms with Crippen LogP contribution in [-0.2, 0) is 10.3 Å². The summed E-state index contributed by atoms with van der Waals surface area (Å²) < 4.78 is 9.68. The van der Waals surface area contributed by atoms with Crippen LogP contribution in [0.25, 0.3) is 27.1 Å². The number of benzene rings is 5. The molecule has 0 spiro atoms. The lowest BCUT2D eigenvalue weighted by Gasteiger charge is -2.39. The van der Waals surface area contributed by atoms with Gasteiger partial charge in [-0.05, 0) is 104 Å². The molecule has 77 heavy (non-hydrogen) atoms. The maximum atomic E-state index is 14.0. The van der Waals surface area contributed by atoms with Crippen LogP contribution in [0.3, 0.4) is 0 Å². The van der Waals surface area contributed by atoms with Gasteiger partial charge < -0.3 is 25.0 Å². The summed E-state index contributed by atoms with van der Waals surface area (Å²) in [6.07, 6.45) is 16.9. The minimum Gasteiger partial charge on any atom is -0.394 e. The Morgan fingerprint density at radius 3 is 1.94 bits per heavy atom. The Hall–Kier alpha value is -9.12. The molecule has 8 aromatic rings. The van der Waals surface area contributed by atoms with Crippen LogP contribution in [0.4, 0.5) is 28.4 Å². The maximum absolute atomic E-state index is 14.0. The van der Waals surface area contributed by atoms with Crippen molar-refractivity contribution >= 4 is 61.3 Å². The van der Waals surface area contributed by atoms with E-state index in [4.69, 9.17) is 4.74 Å². The summed E-state index contributed by atoms with van der Waals surface area (Å²) in [5.41, 5.74) is 5.90. The first kappa shape index (κ1) is 51.4. The normalized spacial score (nSPS) is 17.3. The number of aromatic nitrogens is 5. The summed E-state index contributed by atoms with van der Waals surface area (Å²) >= 11 is 0. The predicted octanol–water partition coefficient (Wildman–Crippen LogP) is 8.34. The number of aliphatic hydroxyl groups is 1. The van der Waals surface area contributed by atoms with E-state index in [0.29, 0.717) is 47.8 Å². The van der Waals surface area contributed by atoms with Crippen LogP contribution >= 0.6 is 0 Å². The lowest BCUT2D eigenvalue weighted by Crippen LogP contribution is -2.41. The highest BCUT2D eigenvalue weighted by Crippen LogP contribution is 2.40. The van der Waals surface area contributed by atoms with Crippen molar-refractivity contribution in [2.24, 2.45) is 5.92 Å². The molecule has 1 aliphatic carbocycles.